The highest BCUT2D eigenvalue weighted by Gasteiger charge is 2.22. The van der Waals surface area contributed by atoms with Crippen LogP contribution in [-0.4, -0.2) is 22.4 Å². The zero-order valence-corrected chi connectivity index (χ0v) is 7.87. The first-order valence-corrected chi connectivity index (χ1v) is 4.39. The van der Waals surface area contributed by atoms with Crippen molar-refractivity contribution < 1.29 is 10.2 Å². The molecule has 2 N–H and O–H groups in total. The molecule has 62 valence electrons. The molecule has 0 bridgehead atoms. The van der Waals surface area contributed by atoms with Crippen LogP contribution in [0.4, 0.5) is 0 Å². The summed E-state index contributed by atoms with van der Waals surface area (Å²) in [6.45, 7) is 1.95. The second-order valence-corrected chi connectivity index (χ2v) is 3.38. The lowest BCUT2D eigenvalue weighted by Gasteiger charge is -2.21. The highest BCUT2D eigenvalue weighted by atomic mass is 79.9. The summed E-state index contributed by atoms with van der Waals surface area (Å²) in [4.78, 5) is 0. The fourth-order valence-corrected chi connectivity index (χ4v) is 1.79. The molecule has 0 aromatic heterocycles. The van der Waals surface area contributed by atoms with E-state index >= 15 is 0 Å². The van der Waals surface area contributed by atoms with Crippen LogP contribution in [0.25, 0.3) is 0 Å². The lowest BCUT2D eigenvalue weighted by Crippen LogP contribution is -2.28. The van der Waals surface area contributed by atoms with Crippen LogP contribution < -0.4 is 0 Å². The maximum Gasteiger partial charge on any atom is 0.106 e. The molecule has 11 heavy (non-hydrogen) atoms. The smallest absolute Gasteiger partial charge is 0.106 e. The fourth-order valence-electron chi connectivity index (χ4n) is 1.12. The maximum atomic E-state index is 9.42. The van der Waals surface area contributed by atoms with E-state index in [-0.39, 0.29) is 0 Å². The standard InChI is InChI=1S/C8H11BrO2/c1-2-5-6(9)3-4-7(10)8(5)11/h3-4,7-8,10-11H,2H2,1H3/t7-,8+/m0/s1. The Labute approximate surface area is 74.4 Å². The molecular formula is C8H11BrO2. The van der Waals surface area contributed by atoms with Crippen molar-refractivity contribution in [2.75, 3.05) is 0 Å². The average molecular weight is 219 g/mol. The van der Waals surface area contributed by atoms with Gasteiger partial charge in [0, 0.05) is 4.48 Å². The third-order valence-corrected chi connectivity index (χ3v) is 2.58. The largest absolute Gasteiger partial charge is 0.386 e. The molecule has 0 amide bonds. The summed E-state index contributed by atoms with van der Waals surface area (Å²) in [7, 11) is 0. The Balaban J connectivity index is 2.89. The predicted molar refractivity (Wildman–Crippen MR) is 47.4 cm³/mol. The van der Waals surface area contributed by atoms with E-state index in [1.807, 2.05) is 6.92 Å². The quantitative estimate of drug-likeness (QED) is 0.698. The number of aliphatic hydroxyl groups is 2. The van der Waals surface area contributed by atoms with Crippen molar-refractivity contribution >= 4 is 15.9 Å². The average Bonchev–Trinajstić information content (AvgIpc) is 1.99. The minimum absolute atomic E-state index is 0.737. The molecule has 2 nitrogen and oxygen atoms in total. The normalized spacial score (nSPS) is 31.3. The number of allylic oxidation sites excluding steroid dienone is 2. The van der Waals surface area contributed by atoms with Crippen molar-refractivity contribution in [3.05, 3.63) is 22.2 Å². The first kappa shape index (κ1) is 8.97. The van der Waals surface area contributed by atoms with Gasteiger partial charge in [-0.25, -0.2) is 0 Å². The minimum atomic E-state index is -0.744. The van der Waals surface area contributed by atoms with Crippen molar-refractivity contribution in [2.45, 2.75) is 25.6 Å². The van der Waals surface area contributed by atoms with E-state index in [1.54, 1.807) is 12.2 Å². The summed E-state index contributed by atoms with van der Waals surface area (Å²) in [5, 5.41) is 18.6. The van der Waals surface area contributed by atoms with Crippen LogP contribution in [-0.2, 0) is 0 Å². The second-order valence-electron chi connectivity index (χ2n) is 2.52. The molecule has 0 aliphatic heterocycles. The van der Waals surface area contributed by atoms with Crippen molar-refractivity contribution in [3.63, 3.8) is 0 Å². The molecule has 3 heteroatoms. The van der Waals surface area contributed by atoms with Gasteiger partial charge in [0.15, 0.2) is 0 Å². The van der Waals surface area contributed by atoms with Gasteiger partial charge >= 0.3 is 0 Å². The molecule has 0 aromatic carbocycles. The third-order valence-electron chi connectivity index (χ3n) is 1.81. The van der Waals surface area contributed by atoms with Crippen LogP contribution in [0.3, 0.4) is 0 Å². The highest BCUT2D eigenvalue weighted by Crippen LogP contribution is 2.26. The van der Waals surface area contributed by atoms with Crippen LogP contribution in [0, 0.1) is 0 Å². The van der Waals surface area contributed by atoms with Gasteiger partial charge in [-0.05, 0) is 18.1 Å². The van der Waals surface area contributed by atoms with E-state index in [0.717, 1.165) is 16.5 Å². The Bertz CT molecular complexity index is 208. The summed E-state index contributed by atoms with van der Waals surface area (Å²) in [5.74, 6) is 0. The van der Waals surface area contributed by atoms with Crippen LogP contribution in [0.2, 0.25) is 0 Å². The molecule has 1 rings (SSSR count). The number of hydrogen-bond acceptors (Lipinski definition) is 2. The Morgan fingerprint density at radius 1 is 1.55 bits per heavy atom. The lowest BCUT2D eigenvalue weighted by atomic mass is 9.97. The van der Waals surface area contributed by atoms with E-state index in [0.29, 0.717) is 0 Å². The monoisotopic (exact) mass is 218 g/mol. The van der Waals surface area contributed by atoms with Crippen LogP contribution in [0.5, 0.6) is 0 Å². The van der Waals surface area contributed by atoms with Gasteiger partial charge in [0.2, 0.25) is 0 Å². The van der Waals surface area contributed by atoms with E-state index in [4.69, 9.17) is 0 Å². The van der Waals surface area contributed by atoms with E-state index in [2.05, 4.69) is 15.9 Å². The zero-order valence-electron chi connectivity index (χ0n) is 6.29. The first-order valence-electron chi connectivity index (χ1n) is 3.59. The summed E-state index contributed by atoms with van der Waals surface area (Å²) in [6, 6.07) is 0. The predicted octanol–water partition coefficient (Wildman–Crippen LogP) is 1.34. The van der Waals surface area contributed by atoms with Crippen molar-refractivity contribution in [2.24, 2.45) is 0 Å². The molecule has 0 aromatic rings. The number of aliphatic hydroxyl groups excluding tert-OH is 2. The minimum Gasteiger partial charge on any atom is -0.386 e. The van der Waals surface area contributed by atoms with Gasteiger partial charge in [-0.15, -0.1) is 0 Å². The molecule has 0 fully saturated rings. The van der Waals surface area contributed by atoms with Gasteiger partial charge in [0.25, 0.3) is 0 Å². The number of hydrogen-bond donors (Lipinski definition) is 2. The van der Waals surface area contributed by atoms with Gasteiger partial charge in [-0.1, -0.05) is 28.9 Å². The van der Waals surface area contributed by atoms with Gasteiger partial charge in [-0.2, -0.15) is 0 Å². The molecule has 2 atom stereocenters. The van der Waals surface area contributed by atoms with Gasteiger partial charge in [0.05, 0.1) is 0 Å². The fraction of sp³-hybridized carbons (Fsp3) is 0.500. The van der Waals surface area contributed by atoms with Crippen LogP contribution in [0.1, 0.15) is 13.3 Å². The second kappa shape index (κ2) is 3.52. The summed E-state index contributed by atoms with van der Waals surface area (Å²) in [5.41, 5.74) is 0.861. The van der Waals surface area contributed by atoms with E-state index < -0.39 is 12.2 Å². The van der Waals surface area contributed by atoms with Crippen LogP contribution in [0.15, 0.2) is 22.2 Å². The highest BCUT2D eigenvalue weighted by molar-refractivity contribution is 9.11. The SMILES string of the molecule is CCC1=C(Br)C=C[C@H](O)[C@@H]1O. The summed E-state index contributed by atoms with van der Waals surface area (Å²) < 4.78 is 0.887. The summed E-state index contributed by atoms with van der Waals surface area (Å²) in [6.07, 6.45) is 2.62. The molecule has 0 unspecified atom stereocenters. The van der Waals surface area contributed by atoms with Gasteiger partial charge in [-0.3, -0.25) is 0 Å². The Morgan fingerprint density at radius 2 is 2.18 bits per heavy atom. The molecule has 1 aliphatic carbocycles. The number of halogens is 1. The van der Waals surface area contributed by atoms with Crippen molar-refractivity contribution in [1.29, 1.82) is 0 Å². The Morgan fingerprint density at radius 3 is 2.64 bits per heavy atom. The van der Waals surface area contributed by atoms with E-state index in [9.17, 15) is 10.2 Å². The molecular weight excluding hydrogens is 208 g/mol. The molecule has 0 saturated heterocycles. The topological polar surface area (TPSA) is 40.5 Å². The zero-order chi connectivity index (χ0) is 8.43. The molecule has 0 saturated carbocycles. The Hall–Kier alpha value is -0.120. The van der Waals surface area contributed by atoms with E-state index in [1.165, 1.54) is 0 Å². The maximum absolute atomic E-state index is 9.42. The van der Waals surface area contributed by atoms with Crippen LogP contribution >= 0.6 is 15.9 Å². The van der Waals surface area contributed by atoms with Crippen molar-refractivity contribution in [1.82, 2.24) is 0 Å². The third kappa shape index (κ3) is 1.72. The Kier molecular flexibility index (Phi) is 2.87. The number of rotatable bonds is 1. The molecule has 0 heterocycles. The van der Waals surface area contributed by atoms with Crippen molar-refractivity contribution in [3.8, 4) is 0 Å². The van der Waals surface area contributed by atoms with Gasteiger partial charge in [0.1, 0.15) is 12.2 Å². The summed E-state index contributed by atoms with van der Waals surface area (Å²) >= 11 is 3.30. The molecule has 0 spiro atoms. The lowest BCUT2D eigenvalue weighted by molar-refractivity contribution is 0.0695. The molecule has 1 aliphatic rings. The van der Waals surface area contributed by atoms with Gasteiger partial charge < -0.3 is 10.2 Å². The molecule has 0 radical (unpaired) electrons. The first-order chi connectivity index (χ1) is 5.16.